The lowest BCUT2D eigenvalue weighted by Gasteiger charge is -2.10. The van der Waals surface area contributed by atoms with Crippen molar-refractivity contribution in [3.63, 3.8) is 0 Å². The first-order valence-electron chi connectivity index (χ1n) is 42.3. The van der Waals surface area contributed by atoms with E-state index in [1.54, 1.807) is 12.1 Å². The van der Waals surface area contributed by atoms with Crippen LogP contribution in [0.1, 0.15) is 11.1 Å². The van der Waals surface area contributed by atoms with Crippen LogP contribution in [0, 0.1) is 3.57 Å². The van der Waals surface area contributed by atoms with Crippen LogP contribution in [0.3, 0.4) is 0 Å². The van der Waals surface area contributed by atoms with Gasteiger partial charge in [-0.3, -0.25) is 0 Å². The van der Waals surface area contributed by atoms with E-state index in [-0.39, 0.29) is 0 Å². The van der Waals surface area contributed by atoms with Crippen molar-refractivity contribution in [3.8, 4) is 72.7 Å². The van der Waals surface area contributed by atoms with Crippen molar-refractivity contribution in [2.75, 3.05) is 0 Å². The highest BCUT2D eigenvalue weighted by molar-refractivity contribution is 14.1. The van der Waals surface area contributed by atoms with E-state index in [1.807, 2.05) is 72.8 Å². The van der Waals surface area contributed by atoms with Crippen LogP contribution in [0.4, 0.5) is 0 Å². The quantitative estimate of drug-likeness (QED) is 0.117. The lowest BCUT2D eigenvalue weighted by atomic mass is 9.79. The summed E-state index contributed by atoms with van der Waals surface area (Å²) in [7, 11) is -1.51. The standard InChI is InChI=1S/C48H30N2O.C31H21N.C18H11BrO.C12H9BO3.C6H4BrI/c1-2-11-34(12-3-1)49-43-18-7-4-13-37(43)41-29-32(23-27-45(41)49)33-24-28-46-42(30-33)38-14-5-8-19-44(38)50(46)35-25-21-31(22-26-35)36-16-10-17-40-39-15-6-9-20-47(39)51-48(36)40;1-2-9-25(10-3-1)32-30-13-7-6-12-27(30)29-20-22(16-17-31(29)32)21-14-15-24-18-23-8-4-5-11-26(23)28(24)19-21;19-13-10-8-12(9-11-13)14-5-3-6-16-15-4-1-2-7-17(15)20-18(14)16;14-13(15)10-6-3-5-9-8-4-1-2-7-11(8)16-12(9)10;7-5-1-3-6(8)4-2-5/h1-30H;1-17,19-20H,18H2;1-11H;1-7,14-15H;1-4H. The molecule has 0 bridgehead atoms. The minimum atomic E-state index is -1.51. The highest BCUT2D eigenvalue weighted by Gasteiger charge is 2.24. The molecular formula is C115H75BBr2IN3O5. The molecule has 26 rings (SSSR count). The maximum absolute atomic E-state index is 9.24. The van der Waals surface area contributed by atoms with Gasteiger partial charge in [0.25, 0.3) is 0 Å². The van der Waals surface area contributed by atoms with Crippen LogP contribution in [-0.4, -0.2) is 30.9 Å². The van der Waals surface area contributed by atoms with E-state index in [0.29, 0.717) is 11.0 Å². The van der Waals surface area contributed by atoms with Crippen molar-refractivity contribution in [3.05, 3.63) is 454 Å². The normalized spacial score (nSPS) is 11.6. The molecule has 604 valence electrons. The third-order valence-corrected chi connectivity index (χ3v) is 26.2. The molecule has 0 aliphatic heterocycles. The molecule has 0 spiro atoms. The van der Waals surface area contributed by atoms with E-state index < -0.39 is 7.12 Å². The van der Waals surface area contributed by atoms with E-state index in [0.717, 1.165) is 92.8 Å². The van der Waals surface area contributed by atoms with Gasteiger partial charge >= 0.3 is 7.12 Å². The Bertz CT molecular complexity index is 8480. The van der Waals surface area contributed by atoms with Gasteiger partial charge in [0.15, 0.2) is 0 Å². The molecule has 1 aliphatic carbocycles. The zero-order valence-electron chi connectivity index (χ0n) is 68.4. The van der Waals surface area contributed by atoms with Gasteiger partial charge in [0, 0.05) is 111 Å². The smallest absolute Gasteiger partial charge is 0.456 e. The monoisotopic (exact) mass is 1870 g/mol. The molecule has 0 unspecified atom stereocenters. The summed E-state index contributed by atoms with van der Waals surface area (Å²) in [5.74, 6) is 0. The predicted molar refractivity (Wildman–Crippen MR) is 545 cm³/mol. The third kappa shape index (κ3) is 14.7. The third-order valence-electron chi connectivity index (χ3n) is 24.4. The summed E-state index contributed by atoms with van der Waals surface area (Å²) < 4.78 is 28.7. The van der Waals surface area contributed by atoms with Gasteiger partial charge in [-0.25, -0.2) is 0 Å². The summed E-state index contributed by atoms with van der Waals surface area (Å²) in [5, 5.41) is 32.6. The van der Waals surface area contributed by atoms with Gasteiger partial charge in [-0.05, 0) is 236 Å². The molecular weight excluding hydrogens is 1800 g/mol. The van der Waals surface area contributed by atoms with Crippen LogP contribution < -0.4 is 5.46 Å². The van der Waals surface area contributed by atoms with Crippen molar-refractivity contribution in [2.24, 2.45) is 0 Å². The van der Waals surface area contributed by atoms with E-state index in [2.05, 4.69) is 414 Å². The van der Waals surface area contributed by atoms with Gasteiger partial charge in [0.05, 0.1) is 33.1 Å². The second kappa shape index (κ2) is 33.6. The van der Waals surface area contributed by atoms with Crippen molar-refractivity contribution >= 4 is 198 Å². The molecule has 0 amide bonds. The van der Waals surface area contributed by atoms with Crippen molar-refractivity contribution in [1.29, 1.82) is 0 Å². The van der Waals surface area contributed by atoms with Crippen molar-refractivity contribution in [1.82, 2.24) is 13.7 Å². The summed E-state index contributed by atoms with van der Waals surface area (Å²) in [6, 6.07) is 151. The molecule has 1 aliphatic rings. The molecule has 0 radical (unpaired) electrons. The Morgan fingerprint density at radius 1 is 0.236 bits per heavy atom. The zero-order chi connectivity index (χ0) is 85.2. The Kier molecular flexibility index (Phi) is 20.8. The SMILES string of the molecule is Brc1ccc(-c2cccc3c2oc2ccccc23)cc1.Brc1ccc(I)cc1.OB(O)c1cccc2c1oc1ccccc12.c1ccc(-n2c3ccccc3c3cc(-c4ccc5c(c4)-c4ccccc4C5)ccc32)cc1.c1ccc(-n2c3ccccc3c3cc(-c4ccc5c(c4)c4ccccc4n5-c4ccc(-c5cccc6c5oc5ccccc56)cc4)ccc32)cc1. The first-order chi connectivity index (χ1) is 62.5. The van der Waals surface area contributed by atoms with E-state index >= 15 is 0 Å². The Balaban J connectivity index is 0.000000106. The lowest BCUT2D eigenvalue weighted by molar-refractivity contribution is 0.425. The number of fused-ring (bicyclic) bond motifs is 21. The average molecular weight is 1880 g/mol. The van der Waals surface area contributed by atoms with Gasteiger partial charge in [-0.2, -0.15) is 0 Å². The summed E-state index contributed by atoms with van der Waals surface area (Å²) in [6.07, 6.45) is 1.04. The summed E-state index contributed by atoms with van der Waals surface area (Å²) in [6.45, 7) is 0. The van der Waals surface area contributed by atoms with Gasteiger partial charge in [0.2, 0.25) is 0 Å². The number of halogens is 3. The molecule has 2 N–H and O–H groups in total. The summed E-state index contributed by atoms with van der Waals surface area (Å²) in [4.78, 5) is 0. The van der Waals surface area contributed by atoms with E-state index in [4.69, 9.17) is 13.3 Å². The Morgan fingerprint density at radius 2 is 0.551 bits per heavy atom. The van der Waals surface area contributed by atoms with Gasteiger partial charge < -0.3 is 37.0 Å². The largest absolute Gasteiger partial charge is 0.492 e. The van der Waals surface area contributed by atoms with Crippen LogP contribution in [0.25, 0.3) is 204 Å². The average Bonchev–Trinajstić information content (AvgIpc) is 1.58. The van der Waals surface area contributed by atoms with Gasteiger partial charge in [-0.1, -0.05) is 311 Å². The fourth-order valence-corrected chi connectivity index (χ4v) is 19.4. The fraction of sp³-hybridized carbons (Fsp3) is 0.00870. The maximum atomic E-state index is 9.24. The first-order valence-corrected chi connectivity index (χ1v) is 45.0. The lowest BCUT2D eigenvalue weighted by Crippen LogP contribution is -2.29. The van der Waals surface area contributed by atoms with Crippen molar-refractivity contribution < 1.29 is 23.3 Å². The summed E-state index contributed by atoms with van der Waals surface area (Å²) in [5.41, 5.74) is 31.3. The maximum Gasteiger partial charge on any atom is 0.492 e. The molecule has 0 saturated carbocycles. The molecule has 127 heavy (non-hydrogen) atoms. The van der Waals surface area contributed by atoms with Gasteiger partial charge in [0.1, 0.15) is 33.5 Å². The number of furan rings is 3. The fourth-order valence-electron chi connectivity index (χ4n) is 18.5. The van der Waals surface area contributed by atoms with Crippen LogP contribution in [0.5, 0.6) is 0 Å². The second-order valence-electron chi connectivity index (χ2n) is 31.9. The Hall–Kier alpha value is -14.3. The minimum Gasteiger partial charge on any atom is -0.456 e. The molecule has 6 heterocycles. The molecule has 0 saturated heterocycles. The van der Waals surface area contributed by atoms with Gasteiger partial charge in [-0.15, -0.1) is 0 Å². The topological polar surface area (TPSA) is 94.7 Å². The molecule has 12 heteroatoms. The number of hydrogen-bond donors (Lipinski definition) is 2. The van der Waals surface area contributed by atoms with E-state index in [1.165, 1.54) is 136 Å². The van der Waals surface area contributed by atoms with Crippen LogP contribution >= 0.6 is 54.5 Å². The number of nitrogens with zero attached hydrogens (tertiary/aromatic N) is 3. The number of hydrogen-bond acceptors (Lipinski definition) is 5. The molecule has 0 atom stereocenters. The molecule has 25 aromatic rings. The molecule has 6 aromatic heterocycles. The Morgan fingerprint density at radius 3 is 1.00 bits per heavy atom. The number of rotatable bonds is 8. The zero-order valence-corrected chi connectivity index (χ0v) is 73.7. The predicted octanol–water partition coefficient (Wildman–Crippen LogP) is 31.5. The van der Waals surface area contributed by atoms with Crippen LogP contribution in [0.2, 0.25) is 0 Å². The van der Waals surface area contributed by atoms with E-state index in [9.17, 15) is 10.0 Å². The number of aromatic nitrogens is 3. The number of benzene rings is 19. The van der Waals surface area contributed by atoms with Crippen LogP contribution in [-0.2, 0) is 6.42 Å². The summed E-state index contributed by atoms with van der Waals surface area (Å²) >= 11 is 9.09. The highest BCUT2D eigenvalue weighted by Crippen LogP contribution is 2.45. The molecule has 8 nitrogen and oxygen atoms in total. The molecule has 0 fully saturated rings. The number of para-hydroxylation sites is 11. The highest BCUT2D eigenvalue weighted by atomic mass is 127. The van der Waals surface area contributed by atoms with Crippen LogP contribution in [0.15, 0.2) is 453 Å². The Labute approximate surface area is 762 Å². The minimum absolute atomic E-state index is 0.397. The first kappa shape index (κ1) is 78.6. The molecule has 19 aromatic carbocycles. The second-order valence-corrected chi connectivity index (χ2v) is 35.0. The van der Waals surface area contributed by atoms with Crippen molar-refractivity contribution in [2.45, 2.75) is 6.42 Å².